The van der Waals surface area contributed by atoms with Crippen LogP contribution in [-0.4, -0.2) is 33.6 Å². The summed E-state index contributed by atoms with van der Waals surface area (Å²) in [6, 6.07) is 6.78. The zero-order valence-electron chi connectivity index (χ0n) is 17.8. The molecule has 0 aliphatic carbocycles. The van der Waals surface area contributed by atoms with Crippen molar-refractivity contribution in [2.45, 2.75) is 32.4 Å². The predicted octanol–water partition coefficient (Wildman–Crippen LogP) is 5.04. The number of halogens is 2. The van der Waals surface area contributed by atoms with E-state index in [1.807, 2.05) is 15.2 Å². The summed E-state index contributed by atoms with van der Waals surface area (Å²) in [7, 11) is -1.16. The molecule has 0 amide bonds. The Morgan fingerprint density at radius 1 is 1.06 bits per heavy atom. The highest BCUT2D eigenvalue weighted by atomic mass is 28.3. The van der Waals surface area contributed by atoms with Crippen LogP contribution in [0.25, 0.3) is 28.3 Å². The van der Waals surface area contributed by atoms with Gasteiger partial charge in [0.05, 0.1) is 23.0 Å². The van der Waals surface area contributed by atoms with Crippen LogP contribution in [0.15, 0.2) is 49.1 Å². The average molecular weight is 442 g/mol. The molecule has 9 heteroatoms. The first-order chi connectivity index (χ1) is 14.7. The molecule has 4 aromatic rings. The van der Waals surface area contributed by atoms with Crippen LogP contribution in [0.3, 0.4) is 0 Å². The van der Waals surface area contributed by atoms with Crippen LogP contribution in [0.2, 0.25) is 25.7 Å². The van der Waals surface area contributed by atoms with Crippen LogP contribution < -0.4 is 5.73 Å². The highest BCUT2D eigenvalue weighted by Crippen LogP contribution is 2.31. The third-order valence-corrected chi connectivity index (χ3v) is 6.79. The summed E-state index contributed by atoms with van der Waals surface area (Å²) in [6.45, 7) is 8.02. The fraction of sp³-hybridized carbons (Fsp3) is 0.273. The molecule has 31 heavy (non-hydrogen) atoms. The Kier molecular flexibility index (Phi) is 5.63. The average Bonchev–Trinajstić information content (AvgIpc) is 3.34. The number of anilines is 1. The fourth-order valence-corrected chi connectivity index (χ4v) is 4.07. The zero-order valence-corrected chi connectivity index (χ0v) is 18.8. The van der Waals surface area contributed by atoms with Crippen molar-refractivity contribution in [1.29, 1.82) is 0 Å². The molecule has 0 bridgehead atoms. The van der Waals surface area contributed by atoms with Crippen molar-refractivity contribution < 1.29 is 13.5 Å². The number of pyridine rings is 1. The van der Waals surface area contributed by atoms with Gasteiger partial charge in [-0.25, -0.2) is 18.7 Å². The summed E-state index contributed by atoms with van der Waals surface area (Å²) in [5.41, 5.74) is 6.44. The van der Waals surface area contributed by atoms with Gasteiger partial charge in [-0.1, -0.05) is 19.6 Å². The highest BCUT2D eigenvalue weighted by Gasteiger charge is 2.17. The summed E-state index contributed by atoms with van der Waals surface area (Å²) in [6.07, 6.45) is 6.91. The number of benzene rings is 1. The van der Waals surface area contributed by atoms with E-state index in [1.165, 1.54) is 12.1 Å². The SMILES string of the molecule is C[Si](C)(C)CCOCn1ccnc1-c1ncc2cc(-c3c(F)ccc(N)c3F)ccn12. The molecule has 0 spiro atoms. The number of hydrogen-bond donors (Lipinski definition) is 1. The Morgan fingerprint density at radius 2 is 1.87 bits per heavy atom. The molecule has 2 N–H and O–H groups in total. The lowest BCUT2D eigenvalue weighted by molar-refractivity contribution is 0.0882. The van der Waals surface area contributed by atoms with Crippen LogP contribution in [0.4, 0.5) is 14.5 Å². The lowest BCUT2D eigenvalue weighted by atomic mass is 10.0. The molecule has 0 saturated carbocycles. The van der Waals surface area contributed by atoms with E-state index in [4.69, 9.17) is 10.5 Å². The van der Waals surface area contributed by atoms with E-state index >= 15 is 0 Å². The van der Waals surface area contributed by atoms with E-state index in [0.717, 1.165) is 6.04 Å². The number of rotatable bonds is 7. The van der Waals surface area contributed by atoms with Gasteiger partial charge in [0.1, 0.15) is 12.5 Å². The zero-order chi connectivity index (χ0) is 22.2. The molecule has 0 fully saturated rings. The maximum absolute atomic E-state index is 14.4. The Bertz CT molecular complexity index is 1230. The van der Waals surface area contributed by atoms with Crippen molar-refractivity contribution in [2.24, 2.45) is 0 Å². The molecule has 162 valence electrons. The van der Waals surface area contributed by atoms with Crippen molar-refractivity contribution in [3.63, 3.8) is 0 Å². The van der Waals surface area contributed by atoms with E-state index < -0.39 is 19.7 Å². The molecule has 0 unspecified atom stereocenters. The van der Waals surface area contributed by atoms with Gasteiger partial charge < -0.3 is 15.0 Å². The van der Waals surface area contributed by atoms with Gasteiger partial charge in [-0.3, -0.25) is 4.40 Å². The van der Waals surface area contributed by atoms with Crippen molar-refractivity contribution in [3.05, 3.63) is 60.7 Å². The Morgan fingerprint density at radius 3 is 2.65 bits per heavy atom. The van der Waals surface area contributed by atoms with Crippen LogP contribution in [-0.2, 0) is 11.5 Å². The van der Waals surface area contributed by atoms with Gasteiger partial charge in [0.2, 0.25) is 0 Å². The van der Waals surface area contributed by atoms with Crippen molar-refractivity contribution in [2.75, 3.05) is 12.3 Å². The number of imidazole rings is 2. The van der Waals surface area contributed by atoms with Crippen LogP contribution in [0.1, 0.15) is 0 Å². The van der Waals surface area contributed by atoms with Gasteiger partial charge in [0.15, 0.2) is 17.5 Å². The third-order valence-electron chi connectivity index (χ3n) is 5.08. The molecule has 6 nitrogen and oxygen atoms in total. The molecule has 0 aliphatic rings. The van der Waals surface area contributed by atoms with Crippen LogP contribution >= 0.6 is 0 Å². The molecule has 4 rings (SSSR count). The molecule has 3 aromatic heterocycles. The van der Waals surface area contributed by atoms with E-state index in [-0.39, 0.29) is 11.3 Å². The second-order valence-corrected chi connectivity index (χ2v) is 14.3. The first-order valence-corrected chi connectivity index (χ1v) is 13.8. The van der Waals surface area contributed by atoms with Gasteiger partial charge in [0.25, 0.3) is 0 Å². The minimum absolute atomic E-state index is 0.0957. The van der Waals surface area contributed by atoms with Gasteiger partial charge in [-0.05, 0) is 35.9 Å². The standard InChI is InChI=1S/C22H25F2N5OSi/c1-31(2,3)11-10-30-14-28-9-7-26-21(28)22-27-13-16-12-15(6-8-29(16)22)19-17(23)4-5-18(25)20(19)24/h4-9,12-13H,10-11,14,25H2,1-3H3. The normalized spacial score (nSPS) is 12.0. The van der Waals surface area contributed by atoms with Gasteiger partial charge >= 0.3 is 0 Å². The minimum Gasteiger partial charge on any atom is -0.396 e. The topological polar surface area (TPSA) is 70.4 Å². The molecular weight excluding hydrogens is 416 g/mol. The monoisotopic (exact) mass is 441 g/mol. The largest absolute Gasteiger partial charge is 0.396 e. The second-order valence-electron chi connectivity index (χ2n) is 8.69. The smallest absolute Gasteiger partial charge is 0.181 e. The van der Waals surface area contributed by atoms with E-state index in [2.05, 4.69) is 29.6 Å². The first kappa shape index (κ1) is 21.2. The maximum Gasteiger partial charge on any atom is 0.181 e. The Labute approximate surface area is 180 Å². The van der Waals surface area contributed by atoms with E-state index in [1.54, 1.807) is 30.7 Å². The number of nitrogen functional groups attached to an aromatic ring is 1. The number of fused-ring (bicyclic) bond motifs is 1. The summed E-state index contributed by atoms with van der Waals surface area (Å²) < 4.78 is 38.3. The molecule has 0 atom stereocenters. The molecule has 0 aliphatic heterocycles. The fourth-order valence-electron chi connectivity index (χ4n) is 3.31. The van der Waals surface area contributed by atoms with Crippen molar-refractivity contribution in [1.82, 2.24) is 18.9 Å². The summed E-state index contributed by atoms with van der Waals surface area (Å²) in [4.78, 5) is 8.91. The minimum atomic E-state index is -1.16. The molecule has 1 aromatic carbocycles. The lowest BCUT2D eigenvalue weighted by Gasteiger charge is -2.16. The molecule has 3 heterocycles. The summed E-state index contributed by atoms with van der Waals surface area (Å²) in [5, 5.41) is 0. The number of hydrogen-bond acceptors (Lipinski definition) is 4. The Balaban J connectivity index is 1.62. The highest BCUT2D eigenvalue weighted by molar-refractivity contribution is 6.76. The van der Waals surface area contributed by atoms with Crippen LogP contribution in [0, 0.1) is 11.6 Å². The van der Waals surface area contributed by atoms with Crippen molar-refractivity contribution in [3.8, 4) is 22.8 Å². The molecule has 0 saturated heterocycles. The lowest BCUT2D eigenvalue weighted by Crippen LogP contribution is -2.22. The van der Waals surface area contributed by atoms with E-state index in [0.29, 0.717) is 36.1 Å². The number of nitrogens with zero attached hydrogens (tertiary/aromatic N) is 4. The third kappa shape index (κ3) is 4.37. The molecular formula is C22H25F2N5OSi. The number of ether oxygens (including phenoxy) is 1. The van der Waals surface area contributed by atoms with Gasteiger partial charge in [-0.2, -0.15) is 0 Å². The number of nitrogens with two attached hydrogens (primary N) is 1. The maximum atomic E-state index is 14.4. The molecule has 0 radical (unpaired) electrons. The quantitative estimate of drug-likeness (QED) is 0.248. The first-order valence-electron chi connectivity index (χ1n) is 10.0. The summed E-state index contributed by atoms with van der Waals surface area (Å²) >= 11 is 0. The van der Waals surface area contributed by atoms with E-state index in [9.17, 15) is 8.78 Å². The van der Waals surface area contributed by atoms with Crippen molar-refractivity contribution >= 4 is 19.3 Å². The second kappa shape index (κ2) is 8.24. The van der Waals surface area contributed by atoms with Crippen LogP contribution in [0.5, 0.6) is 0 Å². The Hall–Kier alpha value is -3.04. The number of aromatic nitrogens is 4. The predicted molar refractivity (Wildman–Crippen MR) is 120 cm³/mol. The summed E-state index contributed by atoms with van der Waals surface area (Å²) in [5.74, 6) is -0.159. The van der Waals surface area contributed by atoms with Gasteiger partial charge in [-0.15, -0.1) is 0 Å². The van der Waals surface area contributed by atoms with Gasteiger partial charge in [0, 0.05) is 33.3 Å².